The van der Waals surface area contributed by atoms with Crippen LogP contribution in [0.5, 0.6) is 23.0 Å². The van der Waals surface area contributed by atoms with Gasteiger partial charge >= 0.3 is 2.85 Å². The molecular formula is C39H37CrN7O9S+2. The molecule has 0 atom stereocenters. The molecule has 0 bridgehead atoms. The third-order valence-electron chi connectivity index (χ3n) is 8.57. The molecule has 0 fully saturated rings. The van der Waals surface area contributed by atoms with Crippen LogP contribution in [0.2, 0.25) is 0 Å². The third-order valence-corrected chi connectivity index (χ3v) is 9.42. The van der Waals surface area contributed by atoms with Gasteiger partial charge in [-0.3, -0.25) is 14.7 Å². The van der Waals surface area contributed by atoms with Crippen LogP contribution in [0.4, 0.5) is 39.8 Å². The van der Waals surface area contributed by atoms with Crippen molar-refractivity contribution in [3.8, 4) is 23.0 Å². The maximum Gasteiger partial charge on any atom is 1.00 e. The summed E-state index contributed by atoms with van der Waals surface area (Å²) in [6, 6.07) is 28.8. The summed E-state index contributed by atoms with van der Waals surface area (Å²) in [5, 5.41) is 76.3. The van der Waals surface area contributed by atoms with Crippen LogP contribution in [-0.4, -0.2) is 38.3 Å². The number of nitro groups is 1. The van der Waals surface area contributed by atoms with Gasteiger partial charge in [0.1, 0.15) is 45.7 Å². The van der Waals surface area contributed by atoms with Crippen molar-refractivity contribution in [1.29, 1.82) is 0 Å². The Morgan fingerprint density at radius 2 is 1.21 bits per heavy atom. The number of aromatic hydroxyl groups is 4. The van der Waals surface area contributed by atoms with Crippen molar-refractivity contribution >= 4 is 60.7 Å². The molecule has 6 aromatic carbocycles. The Bertz CT molecular complexity index is 2650. The fraction of sp³-hybridized carbons (Fsp3) is 0.128. The van der Waals surface area contributed by atoms with Crippen molar-refractivity contribution in [1.82, 2.24) is 0 Å². The number of azo groups is 3. The quantitative estimate of drug-likeness (QED) is 0.0380. The standard InChI is InChI=1S/C22H16N4O5S.C17H19N3O4.Cr/c27-20-11-9-16(24-23-15-5-3-6-17(12-15)32(29,30)31)13-19(20)25-26-22-18-7-2-1-4-14(18)8-10-21(22)28;1-4-17(2,3)11-5-7-15(21)13(9-11)18-19-14-10-12(20(23)24)6-8-16(14)22;/h1-13,27-28H,(H,29,30,31);5-10,21-22H,4H2,1-3H3;/p+2. The van der Waals surface area contributed by atoms with E-state index in [4.69, 9.17) is 4.55 Å². The molecule has 0 unspecified atom stereocenters. The Hall–Kier alpha value is -6.58. The molecule has 0 saturated heterocycles. The fourth-order valence-electron chi connectivity index (χ4n) is 4.97. The number of hydrogen-bond acceptors (Lipinski definition) is 14. The molecule has 0 aliphatic rings. The maximum atomic E-state index is 11.3. The summed E-state index contributed by atoms with van der Waals surface area (Å²) in [5.41, 5.74) is 1.77. The van der Waals surface area contributed by atoms with Crippen LogP contribution < -0.4 is 0 Å². The summed E-state index contributed by atoms with van der Waals surface area (Å²) in [6.07, 6.45) is 0.903. The van der Waals surface area contributed by atoms with Gasteiger partial charge in [0.15, 0.2) is 0 Å². The zero-order valence-electron chi connectivity index (χ0n) is 32.5. The Morgan fingerprint density at radius 1 is 0.649 bits per heavy atom. The number of nitro benzene ring substituents is 1. The van der Waals surface area contributed by atoms with Crippen LogP contribution in [0.25, 0.3) is 10.8 Å². The topological polar surface area (TPSA) is 253 Å². The van der Waals surface area contributed by atoms with E-state index in [1.54, 1.807) is 18.2 Å². The van der Waals surface area contributed by atoms with Crippen molar-refractivity contribution in [3.05, 3.63) is 131 Å². The molecule has 0 saturated carbocycles. The van der Waals surface area contributed by atoms with E-state index in [1.165, 1.54) is 66.7 Å². The molecule has 6 rings (SSSR count). The number of phenols is 4. The number of fused-ring (bicyclic) bond motifs is 1. The van der Waals surface area contributed by atoms with E-state index in [1.807, 2.05) is 24.3 Å². The molecule has 16 nitrogen and oxygen atoms in total. The normalized spacial score (nSPS) is 11.8. The van der Waals surface area contributed by atoms with E-state index in [9.17, 15) is 39.0 Å². The Labute approximate surface area is 340 Å². The van der Waals surface area contributed by atoms with Gasteiger partial charge in [-0.25, -0.2) is 0 Å². The first-order valence-corrected chi connectivity index (χ1v) is 18.2. The van der Waals surface area contributed by atoms with Gasteiger partial charge in [-0.15, -0.1) is 20.5 Å². The molecule has 0 spiro atoms. The molecule has 292 valence electrons. The SMILES string of the molecule is CCC(C)(C)c1ccc(O)c(N=Nc2cc([N+](=O)[O-])ccc2O)c1.O=S(=O)(O)c1cccc(N=Nc2ccc(O)c(N=Nc3c(O)ccc4ccccc34)c2)c1.[Cr].[H+].[H+]. The predicted octanol–water partition coefficient (Wildman–Crippen LogP) is 11.7. The second-order valence-electron chi connectivity index (χ2n) is 12.8. The van der Waals surface area contributed by atoms with Gasteiger partial charge in [0.25, 0.3) is 15.8 Å². The van der Waals surface area contributed by atoms with Crippen molar-refractivity contribution in [2.75, 3.05) is 0 Å². The second kappa shape index (κ2) is 18.4. The number of nitrogens with zero attached hydrogens (tertiary/aromatic N) is 7. The largest absolute Gasteiger partial charge is 1.00 e. The summed E-state index contributed by atoms with van der Waals surface area (Å²) in [7, 11) is -4.36. The van der Waals surface area contributed by atoms with Crippen LogP contribution >= 0.6 is 0 Å². The number of hydrogen-bond donors (Lipinski definition) is 5. The Morgan fingerprint density at radius 3 is 1.86 bits per heavy atom. The average Bonchev–Trinajstić information content (AvgIpc) is 3.17. The first-order valence-electron chi connectivity index (χ1n) is 16.7. The summed E-state index contributed by atoms with van der Waals surface area (Å²) in [5.74, 6) is -0.490. The van der Waals surface area contributed by atoms with E-state index in [-0.39, 0.29) is 87.6 Å². The van der Waals surface area contributed by atoms with Gasteiger partial charge in [0, 0.05) is 34.9 Å². The minimum Gasteiger partial charge on any atom is -0.506 e. The summed E-state index contributed by atoms with van der Waals surface area (Å²) >= 11 is 0. The summed E-state index contributed by atoms with van der Waals surface area (Å²) in [6.45, 7) is 6.22. The van der Waals surface area contributed by atoms with E-state index < -0.39 is 15.0 Å². The van der Waals surface area contributed by atoms with Crippen LogP contribution in [0.1, 0.15) is 35.6 Å². The predicted molar refractivity (Wildman–Crippen MR) is 211 cm³/mol. The molecule has 18 heteroatoms. The maximum absolute atomic E-state index is 11.3. The van der Waals surface area contributed by atoms with Crippen molar-refractivity contribution < 1.29 is 58.5 Å². The van der Waals surface area contributed by atoms with Gasteiger partial charge in [0.2, 0.25) is 0 Å². The Balaban J connectivity index is 0.000000402. The minimum atomic E-state index is -4.36. The van der Waals surface area contributed by atoms with Crippen LogP contribution in [0, 0.1) is 10.1 Å². The van der Waals surface area contributed by atoms with Crippen molar-refractivity contribution in [2.24, 2.45) is 30.7 Å². The molecule has 0 heterocycles. The zero-order chi connectivity index (χ0) is 40.6. The van der Waals surface area contributed by atoms with E-state index >= 15 is 0 Å². The van der Waals surface area contributed by atoms with E-state index in [0.717, 1.165) is 23.4 Å². The van der Waals surface area contributed by atoms with Crippen molar-refractivity contribution in [2.45, 2.75) is 37.5 Å². The van der Waals surface area contributed by atoms with Crippen LogP contribution in [0.3, 0.4) is 0 Å². The molecule has 0 amide bonds. The molecule has 0 aliphatic carbocycles. The monoisotopic (exact) mass is 831 g/mol. The van der Waals surface area contributed by atoms with E-state index in [2.05, 4.69) is 51.5 Å². The Kier molecular flexibility index (Phi) is 13.9. The summed E-state index contributed by atoms with van der Waals surface area (Å²) in [4.78, 5) is 9.91. The third kappa shape index (κ3) is 11.0. The van der Waals surface area contributed by atoms with Gasteiger partial charge in [-0.05, 0) is 83.4 Å². The smallest absolute Gasteiger partial charge is 0.506 e. The first-order chi connectivity index (χ1) is 26.5. The minimum absolute atomic E-state index is 0. The number of phenolic OH excluding ortho intramolecular Hbond substituents is 4. The van der Waals surface area contributed by atoms with E-state index in [0.29, 0.717) is 11.1 Å². The average molecular weight is 832 g/mol. The first kappa shape index (κ1) is 43.2. The number of rotatable bonds is 10. The van der Waals surface area contributed by atoms with Gasteiger partial charge in [-0.2, -0.15) is 18.6 Å². The van der Waals surface area contributed by atoms with Crippen molar-refractivity contribution in [3.63, 3.8) is 0 Å². The second-order valence-corrected chi connectivity index (χ2v) is 14.2. The molecule has 0 aliphatic heterocycles. The molecule has 0 radical (unpaired) electrons. The van der Waals surface area contributed by atoms with Crippen LogP contribution in [0.15, 0.2) is 151 Å². The molecule has 6 aromatic rings. The number of non-ortho nitro benzene ring substituents is 1. The van der Waals surface area contributed by atoms with Crippen LogP contribution in [-0.2, 0) is 32.9 Å². The molecular weight excluding hydrogens is 795 g/mol. The molecule has 5 N–H and O–H groups in total. The summed E-state index contributed by atoms with van der Waals surface area (Å²) < 4.78 is 31.6. The molecule has 0 aromatic heterocycles. The molecule has 57 heavy (non-hydrogen) atoms. The van der Waals surface area contributed by atoms with Gasteiger partial charge in [-0.1, -0.05) is 63.2 Å². The fourth-order valence-corrected chi connectivity index (χ4v) is 5.49. The van der Waals surface area contributed by atoms with Gasteiger partial charge in [0.05, 0.1) is 21.2 Å². The number of benzene rings is 6. The van der Waals surface area contributed by atoms with Gasteiger partial charge < -0.3 is 20.4 Å². The zero-order valence-corrected chi connectivity index (χ0v) is 32.6.